The lowest BCUT2D eigenvalue weighted by Crippen LogP contribution is -1.93. The molecule has 0 atom stereocenters. The predicted octanol–water partition coefficient (Wildman–Crippen LogP) is 1.33. The van der Waals surface area contributed by atoms with Gasteiger partial charge in [0, 0.05) is 0 Å². The maximum absolute atomic E-state index is 11.8. The van der Waals surface area contributed by atoms with Gasteiger partial charge in [0.05, 0.1) is 0 Å². The van der Waals surface area contributed by atoms with E-state index in [4.69, 9.17) is 5.11 Å². The van der Waals surface area contributed by atoms with Crippen molar-refractivity contribution in [3.8, 4) is 0 Å². The van der Waals surface area contributed by atoms with Crippen LogP contribution < -0.4 is 0 Å². The molecule has 0 aliphatic heterocycles. The summed E-state index contributed by atoms with van der Waals surface area (Å²) in [4.78, 5) is 9.65. The largest absolute Gasteiger partial charge is 0.476 e. The van der Waals surface area contributed by atoms with Gasteiger partial charge in [-0.25, -0.2) is 4.79 Å². The van der Waals surface area contributed by atoms with Crippen LogP contribution in [0.2, 0.25) is 0 Å². The number of hydrogen-bond donors (Lipinski definition) is 1. The van der Waals surface area contributed by atoms with Crippen LogP contribution in [0.3, 0.4) is 0 Å². The Hall–Kier alpha value is -0.860. The van der Waals surface area contributed by atoms with Gasteiger partial charge in [-0.1, -0.05) is 6.92 Å². The molecule has 3 heteroatoms. The summed E-state index contributed by atoms with van der Waals surface area (Å²) < 4.78 is 11.8. The van der Waals surface area contributed by atoms with E-state index in [9.17, 15) is 9.18 Å². The third kappa shape index (κ3) is 2.34. The number of allylic oxidation sites excluding steroid dienone is 1. The Morgan fingerprint density at radius 3 is 2.50 bits per heavy atom. The normalized spacial score (nSPS) is 11.5. The molecule has 8 heavy (non-hydrogen) atoms. The number of aliphatic carboxylic acids is 1. The van der Waals surface area contributed by atoms with Crippen molar-refractivity contribution in [3.05, 3.63) is 11.9 Å². The molecule has 2 nitrogen and oxygen atoms in total. The standard InChI is InChI=1S/C5H7FO2/c1-2-3-4(6)5(7)8/h3H,2H2,1H3,(H,7,8)/b4-3-. The summed E-state index contributed by atoms with van der Waals surface area (Å²) in [5.74, 6) is -2.57. The number of hydrogen-bond acceptors (Lipinski definition) is 1. The van der Waals surface area contributed by atoms with Crippen molar-refractivity contribution in [2.45, 2.75) is 13.3 Å². The zero-order valence-electron chi connectivity index (χ0n) is 4.52. The fourth-order valence-electron chi connectivity index (χ4n) is 0.267. The Kier molecular flexibility index (Phi) is 2.84. The van der Waals surface area contributed by atoms with Gasteiger partial charge in [0.25, 0.3) is 0 Å². The van der Waals surface area contributed by atoms with Gasteiger partial charge in [0.1, 0.15) is 0 Å². The molecule has 0 heterocycles. The number of carbonyl (C=O) groups is 1. The van der Waals surface area contributed by atoms with Gasteiger partial charge >= 0.3 is 5.97 Å². The van der Waals surface area contributed by atoms with E-state index in [1.807, 2.05) is 0 Å². The summed E-state index contributed by atoms with van der Waals surface area (Å²) in [5, 5.41) is 7.87. The second kappa shape index (κ2) is 3.18. The summed E-state index contributed by atoms with van der Waals surface area (Å²) in [6.45, 7) is 1.67. The first-order chi connectivity index (χ1) is 3.68. The van der Waals surface area contributed by atoms with E-state index in [2.05, 4.69) is 0 Å². The molecule has 46 valence electrons. The van der Waals surface area contributed by atoms with Crippen molar-refractivity contribution in [1.82, 2.24) is 0 Å². The molecule has 0 unspecified atom stereocenters. The van der Waals surface area contributed by atoms with Crippen LogP contribution in [0, 0.1) is 0 Å². The van der Waals surface area contributed by atoms with Crippen LogP contribution in [0.25, 0.3) is 0 Å². The Balaban J connectivity index is 3.80. The molecule has 0 bridgehead atoms. The minimum absolute atomic E-state index is 0.415. The highest BCUT2D eigenvalue weighted by molar-refractivity contribution is 5.83. The first kappa shape index (κ1) is 7.14. The molecule has 1 N–H and O–H groups in total. The average Bonchev–Trinajstić information content (AvgIpc) is 1.67. The Morgan fingerprint density at radius 1 is 1.88 bits per heavy atom. The van der Waals surface area contributed by atoms with Crippen molar-refractivity contribution in [2.75, 3.05) is 0 Å². The molecule has 0 aromatic heterocycles. The molecular formula is C5H7FO2. The Morgan fingerprint density at radius 2 is 2.38 bits per heavy atom. The van der Waals surface area contributed by atoms with E-state index in [0.29, 0.717) is 6.42 Å². The highest BCUT2D eigenvalue weighted by Crippen LogP contribution is 1.96. The molecule has 0 spiro atoms. The second-order valence-corrected chi connectivity index (χ2v) is 1.27. The zero-order chi connectivity index (χ0) is 6.57. The lowest BCUT2D eigenvalue weighted by Gasteiger charge is -1.82. The SMILES string of the molecule is CC/C=C(\F)C(=O)O. The topological polar surface area (TPSA) is 37.3 Å². The van der Waals surface area contributed by atoms with E-state index in [1.54, 1.807) is 6.92 Å². The number of carboxylic acid groups (broad SMARTS) is 1. The first-order valence-electron chi connectivity index (χ1n) is 2.27. The summed E-state index contributed by atoms with van der Waals surface area (Å²) >= 11 is 0. The summed E-state index contributed by atoms with van der Waals surface area (Å²) in [7, 11) is 0. The molecule has 0 radical (unpaired) electrons. The molecule has 0 saturated carbocycles. The maximum atomic E-state index is 11.8. The maximum Gasteiger partial charge on any atom is 0.364 e. The van der Waals surface area contributed by atoms with Gasteiger partial charge in [-0.3, -0.25) is 0 Å². The molecule has 0 aromatic rings. The van der Waals surface area contributed by atoms with Crippen LogP contribution in [0.1, 0.15) is 13.3 Å². The number of rotatable bonds is 2. The van der Waals surface area contributed by atoms with Crippen molar-refractivity contribution in [1.29, 1.82) is 0 Å². The highest BCUT2D eigenvalue weighted by Gasteiger charge is 2.01. The van der Waals surface area contributed by atoms with E-state index >= 15 is 0 Å². The average molecular weight is 118 g/mol. The van der Waals surface area contributed by atoms with Gasteiger partial charge in [0.2, 0.25) is 5.83 Å². The van der Waals surface area contributed by atoms with Crippen LogP contribution >= 0.6 is 0 Å². The van der Waals surface area contributed by atoms with Crippen LogP contribution in [0.15, 0.2) is 11.9 Å². The van der Waals surface area contributed by atoms with Crippen LogP contribution in [-0.2, 0) is 4.79 Å². The monoisotopic (exact) mass is 118 g/mol. The fraction of sp³-hybridized carbons (Fsp3) is 0.400. The lowest BCUT2D eigenvalue weighted by molar-refractivity contribution is -0.134. The van der Waals surface area contributed by atoms with Crippen molar-refractivity contribution in [2.24, 2.45) is 0 Å². The number of halogens is 1. The lowest BCUT2D eigenvalue weighted by atomic mass is 10.4. The van der Waals surface area contributed by atoms with Crippen LogP contribution in [0.5, 0.6) is 0 Å². The van der Waals surface area contributed by atoms with E-state index in [1.165, 1.54) is 0 Å². The molecular weight excluding hydrogens is 111 g/mol. The number of carboxylic acids is 1. The van der Waals surface area contributed by atoms with Crippen LogP contribution in [0.4, 0.5) is 4.39 Å². The quantitative estimate of drug-likeness (QED) is 0.555. The Labute approximate surface area is 46.6 Å². The van der Waals surface area contributed by atoms with Gasteiger partial charge in [-0.15, -0.1) is 0 Å². The van der Waals surface area contributed by atoms with Gasteiger partial charge < -0.3 is 5.11 Å². The zero-order valence-corrected chi connectivity index (χ0v) is 4.52. The predicted molar refractivity (Wildman–Crippen MR) is 27.1 cm³/mol. The van der Waals surface area contributed by atoms with E-state index in [0.717, 1.165) is 6.08 Å². The summed E-state index contributed by atoms with van der Waals surface area (Å²) in [6.07, 6.45) is 1.43. The molecule has 0 aliphatic carbocycles. The first-order valence-corrected chi connectivity index (χ1v) is 2.27. The van der Waals surface area contributed by atoms with Crippen molar-refractivity contribution < 1.29 is 14.3 Å². The highest BCUT2D eigenvalue weighted by atomic mass is 19.1. The fourth-order valence-corrected chi connectivity index (χ4v) is 0.267. The minimum Gasteiger partial charge on any atom is -0.476 e. The molecule has 0 rings (SSSR count). The van der Waals surface area contributed by atoms with E-state index in [-0.39, 0.29) is 0 Å². The van der Waals surface area contributed by atoms with Gasteiger partial charge in [-0.2, -0.15) is 4.39 Å². The molecule has 0 saturated heterocycles. The van der Waals surface area contributed by atoms with Gasteiger partial charge in [-0.05, 0) is 12.5 Å². The molecule has 0 aromatic carbocycles. The van der Waals surface area contributed by atoms with Crippen molar-refractivity contribution >= 4 is 5.97 Å². The van der Waals surface area contributed by atoms with Gasteiger partial charge in [0.15, 0.2) is 0 Å². The molecule has 0 aliphatic rings. The molecule has 0 amide bonds. The third-order valence-corrected chi connectivity index (χ3v) is 0.588. The second-order valence-electron chi connectivity index (χ2n) is 1.27. The smallest absolute Gasteiger partial charge is 0.364 e. The summed E-state index contributed by atoms with van der Waals surface area (Å²) in [5.41, 5.74) is 0. The third-order valence-electron chi connectivity index (χ3n) is 0.588. The van der Waals surface area contributed by atoms with Crippen LogP contribution in [-0.4, -0.2) is 11.1 Å². The van der Waals surface area contributed by atoms with Crippen molar-refractivity contribution in [3.63, 3.8) is 0 Å². The minimum atomic E-state index is -1.49. The summed E-state index contributed by atoms with van der Waals surface area (Å²) in [6, 6.07) is 0. The van der Waals surface area contributed by atoms with E-state index < -0.39 is 11.8 Å². The molecule has 0 fully saturated rings. The Bertz CT molecular complexity index is 118.